The number of fused-ring (bicyclic) bond motifs is 1. The Morgan fingerprint density at radius 2 is 1.79 bits per heavy atom. The highest BCUT2D eigenvalue weighted by Crippen LogP contribution is 2.32. The molecule has 6 heteroatoms. The maximum Gasteiger partial charge on any atom is 0.243 e. The lowest BCUT2D eigenvalue weighted by Crippen LogP contribution is -2.37. The number of amides is 2. The normalized spacial score (nSPS) is 15.9. The minimum Gasteiger partial charge on any atom is -0.309 e. The fourth-order valence-electron chi connectivity index (χ4n) is 4.04. The lowest BCUT2D eigenvalue weighted by Gasteiger charge is -2.30. The van der Waals surface area contributed by atoms with Crippen LogP contribution in [0.5, 0.6) is 0 Å². The quantitative estimate of drug-likeness (QED) is 0.793. The highest BCUT2D eigenvalue weighted by atomic mass is 19.1. The SMILES string of the molecule is Cc1cc(F)c2c(c1)CCCN2C(=O)CCC(=O)N1CCC(c2ccccc2)=N1. The van der Waals surface area contributed by atoms with E-state index in [9.17, 15) is 14.0 Å². The molecule has 0 bridgehead atoms. The van der Waals surface area contributed by atoms with E-state index in [1.165, 1.54) is 16.0 Å². The molecule has 150 valence electrons. The zero-order valence-corrected chi connectivity index (χ0v) is 16.5. The number of hydrazone groups is 1. The molecule has 2 aliphatic heterocycles. The summed E-state index contributed by atoms with van der Waals surface area (Å²) in [5.74, 6) is -0.754. The molecule has 0 unspecified atom stereocenters. The van der Waals surface area contributed by atoms with Gasteiger partial charge in [0.15, 0.2) is 0 Å². The van der Waals surface area contributed by atoms with E-state index in [-0.39, 0.29) is 30.5 Å². The smallest absolute Gasteiger partial charge is 0.243 e. The van der Waals surface area contributed by atoms with Crippen molar-refractivity contribution < 1.29 is 14.0 Å². The molecule has 0 atom stereocenters. The van der Waals surface area contributed by atoms with Gasteiger partial charge in [-0.1, -0.05) is 36.4 Å². The van der Waals surface area contributed by atoms with Crippen molar-refractivity contribution in [2.24, 2.45) is 5.10 Å². The van der Waals surface area contributed by atoms with Crippen molar-refractivity contribution in [1.82, 2.24) is 5.01 Å². The third-order valence-corrected chi connectivity index (χ3v) is 5.43. The van der Waals surface area contributed by atoms with Crippen LogP contribution in [0, 0.1) is 12.7 Å². The van der Waals surface area contributed by atoms with Gasteiger partial charge in [0.1, 0.15) is 5.82 Å². The summed E-state index contributed by atoms with van der Waals surface area (Å²) in [7, 11) is 0. The number of hydrogen-bond donors (Lipinski definition) is 0. The number of rotatable bonds is 4. The van der Waals surface area contributed by atoms with Gasteiger partial charge in [0.2, 0.25) is 11.8 Å². The van der Waals surface area contributed by atoms with E-state index in [1.807, 2.05) is 43.3 Å². The van der Waals surface area contributed by atoms with E-state index in [4.69, 9.17) is 0 Å². The molecule has 2 aliphatic rings. The molecule has 0 aromatic heterocycles. The van der Waals surface area contributed by atoms with E-state index in [2.05, 4.69) is 5.10 Å². The second-order valence-corrected chi connectivity index (χ2v) is 7.58. The molecule has 2 amide bonds. The number of carbonyl (C=O) groups excluding carboxylic acids is 2. The molecular weight excluding hydrogens is 369 g/mol. The number of nitrogens with zero attached hydrogens (tertiary/aromatic N) is 3. The minimum absolute atomic E-state index is 0.0538. The van der Waals surface area contributed by atoms with Crippen molar-refractivity contribution in [3.05, 3.63) is 65.0 Å². The summed E-state index contributed by atoms with van der Waals surface area (Å²) < 4.78 is 14.5. The average Bonchev–Trinajstić information content (AvgIpc) is 3.22. The molecule has 2 aromatic rings. The summed E-state index contributed by atoms with van der Waals surface area (Å²) in [6, 6.07) is 13.2. The fraction of sp³-hybridized carbons (Fsp3) is 0.348. The Balaban J connectivity index is 1.40. The van der Waals surface area contributed by atoms with Crippen molar-refractivity contribution in [2.75, 3.05) is 18.0 Å². The second-order valence-electron chi connectivity index (χ2n) is 7.58. The summed E-state index contributed by atoms with van der Waals surface area (Å²) >= 11 is 0. The molecule has 0 saturated heterocycles. The van der Waals surface area contributed by atoms with Gasteiger partial charge in [-0.05, 0) is 42.5 Å². The first-order chi connectivity index (χ1) is 14.0. The van der Waals surface area contributed by atoms with Gasteiger partial charge in [-0.25, -0.2) is 9.40 Å². The largest absolute Gasteiger partial charge is 0.309 e. The molecule has 4 rings (SSSR count). The monoisotopic (exact) mass is 393 g/mol. The Morgan fingerprint density at radius 3 is 2.59 bits per heavy atom. The molecule has 0 aliphatic carbocycles. The predicted molar refractivity (Wildman–Crippen MR) is 110 cm³/mol. The average molecular weight is 393 g/mol. The molecule has 5 nitrogen and oxygen atoms in total. The predicted octanol–water partition coefficient (Wildman–Crippen LogP) is 3.83. The summed E-state index contributed by atoms with van der Waals surface area (Å²) in [5, 5.41) is 5.87. The van der Waals surface area contributed by atoms with Crippen molar-refractivity contribution >= 4 is 23.2 Å². The first-order valence-corrected chi connectivity index (χ1v) is 10.1. The molecule has 0 radical (unpaired) electrons. The Labute approximate surface area is 169 Å². The van der Waals surface area contributed by atoms with Crippen molar-refractivity contribution in [3.8, 4) is 0 Å². The third-order valence-electron chi connectivity index (χ3n) is 5.43. The van der Waals surface area contributed by atoms with Crippen LogP contribution in [0.2, 0.25) is 0 Å². The number of hydrogen-bond acceptors (Lipinski definition) is 3. The Bertz CT molecular complexity index is 972. The van der Waals surface area contributed by atoms with E-state index in [0.29, 0.717) is 25.2 Å². The summed E-state index contributed by atoms with van der Waals surface area (Å²) in [4.78, 5) is 26.8. The van der Waals surface area contributed by atoms with Crippen LogP contribution in [-0.4, -0.2) is 35.6 Å². The summed E-state index contributed by atoms with van der Waals surface area (Å²) in [5.41, 5.74) is 3.99. The number of halogens is 1. The molecule has 0 fully saturated rings. The standard InChI is InChI=1S/C23H24FN3O2/c1-16-14-18-8-5-12-26(23(18)19(24)15-16)21(28)9-10-22(29)27-13-11-20(25-27)17-6-3-2-4-7-17/h2-4,6-7,14-15H,5,8-13H2,1H3. The molecule has 2 aromatic carbocycles. The number of benzene rings is 2. The van der Waals surface area contributed by atoms with Crippen LogP contribution in [0.3, 0.4) is 0 Å². The van der Waals surface area contributed by atoms with Crippen molar-refractivity contribution in [2.45, 2.75) is 39.0 Å². The van der Waals surface area contributed by atoms with Gasteiger partial charge in [-0.15, -0.1) is 0 Å². The molecule has 0 N–H and O–H groups in total. The van der Waals surface area contributed by atoms with Crippen LogP contribution in [0.25, 0.3) is 0 Å². The van der Waals surface area contributed by atoms with Crippen molar-refractivity contribution in [3.63, 3.8) is 0 Å². The summed E-state index contributed by atoms with van der Waals surface area (Å²) in [6.45, 7) is 2.86. The van der Waals surface area contributed by atoms with E-state index in [1.54, 1.807) is 0 Å². The summed E-state index contributed by atoms with van der Waals surface area (Å²) in [6.07, 6.45) is 2.39. The molecule has 0 spiro atoms. The van der Waals surface area contributed by atoms with Crippen LogP contribution >= 0.6 is 0 Å². The first-order valence-electron chi connectivity index (χ1n) is 10.1. The van der Waals surface area contributed by atoms with E-state index >= 15 is 0 Å². The van der Waals surface area contributed by atoms with Gasteiger partial charge in [-0.2, -0.15) is 5.10 Å². The highest BCUT2D eigenvalue weighted by molar-refractivity contribution is 6.03. The zero-order valence-electron chi connectivity index (χ0n) is 16.5. The van der Waals surface area contributed by atoms with Crippen molar-refractivity contribution in [1.29, 1.82) is 0 Å². The lowest BCUT2D eigenvalue weighted by molar-refractivity contribution is -0.132. The Kier molecular flexibility index (Phi) is 5.43. The lowest BCUT2D eigenvalue weighted by atomic mass is 9.98. The maximum absolute atomic E-state index is 14.5. The maximum atomic E-state index is 14.5. The molecule has 29 heavy (non-hydrogen) atoms. The second kappa shape index (κ2) is 8.15. The van der Waals surface area contributed by atoms with Crippen LogP contribution < -0.4 is 4.90 Å². The van der Waals surface area contributed by atoms with Gasteiger partial charge in [0.25, 0.3) is 0 Å². The van der Waals surface area contributed by atoms with Crippen LogP contribution in [0.4, 0.5) is 10.1 Å². The van der Waals surface area contributed by atoms with Gasteiger partial charge in [0, 0.05) is 25.8 Å². The van der Waals surface area contributed by atoms with Crippen LogP contribution in [0.15, 0.2) is 47.6 Å². The third kappa shape index (κ3) is 4.06. The van der Waals surface area contributed by atoms with Gasteiger partial charge in [-0.3, -0.25) is 9.59 Å². The van der Waals surface area contributed by atoms with Crippen LogP contribution in [-0.2, 0) is 16.0 Å². The fourth-order valence-corrected chi connectivity index (χ4v) is 4.04. The van der Waals surface area contributed by atoms with E-state index < -0.39 is 0 Å². The van der Waals surface area contributed by atoms with E-state index in [0.717, 1.165) is 35.2 Å². The molecule has 2 heterocycles. The van der Waals surface area contributed by atoms with Gasteiger partial charge in [0.05, 0.1) is 17.9 Å². The molecule has 0 saturated carbocycles. The topological polar surface area (TPSA) is 53.0 Å². The highest BCUT2D eigenvalue weighted by Gasteiger charge is 2.27. The number of aryl methyl sites for hydroxylation is 2. The number of carbonyl (C=O) groups is 2. The zero-order chi connectivity index (χ0) is 20.4. The minimum atomic E-state index is -0.365. The Morgan fingerprint density at radius 1 is 1.03 bits per heavy atom. The number of anilines is 1. The first kappa shape index (κ1) is 19.3. The van der Waals surface area contributed by atoms with Gasteiger partial charge >= 0.3 is 0 Å². The molecular formula is C23H24FN3O2. The van der Waals surface area contributed by atoms with Crippen LogP contribution in [0.1, 0.15) is 42.4 Å². The Hall–Kier alpha value is -3.02. The van der Waals surface area contributed by atoms with Gasteiger partial charge < -0.3 is 4.90 Å².